The summed E-state index contributed by atoms with van der Waals surface area (Å²) in [7, 11) is -0.478. The molecule has 0 N–H and O–H groups in total. The van der Waals surface area contributed by atoms with Crippen LogP contribution in [0.2, 0.25) is 0 Å². The van der Waals surface area contributed by atoms with Crippen LogP contribution < -0.4 is 10.4 Å². The van der Waals surface area contributed by atoms with Gasteiger partial charge in [-0.05, 0) is 93.3 Å². The second-order valence-corrected chi connectivity index (χ2v) is 12.1. The Balaban J connectivity index is 1.44. The number of amides is 1. The lowest BCUT2D eigenvalue weighted by Crippen LogP contribution is -2.64. The van der Waals surface area contributed by atoms with E-state index >= 15 is 0 Å². The summed E-state index contributed by atoms with van der Waals surface area (Å²) in [5.74, 6) is 0.158. The molecule has 0 radical (unpaired) electrons. The molecular formula is C25H38BN3O3. The van der Waals surface area contributed by atoms with Gasteiger partial charge in [-0.2, -0.15) is 0 Å². The molecule has 4 aliphatic rings. The van der Waals surface area contributed by atoms with Crippen molar-refractivity contribution in [1.29, 1.82) is 0 Å². The molecule has 1 amide bonds. The quantitative estimate of drug-likeness (QED) is 0.676. The van der Waals surface area contributed by atoms with Gasteiger partial charge in [0, 0.05) is 23.2 Å². The molecule has 174 valence electrons. The maximum atomic E-state index is 13.7. The summed E-state index contributed by atoms with van der Waals surface area (Å²) in [6.45, 7) is 16.9. The van der Waals surface area contributed by atoms with Crippen LogP contribution in [-0.2, 0) is 19.5 Å². The topological polar surface area (TPSA) is 54.9 Å². The molecule has 0 aromatic carbocycles. The molecule has 1 aromatic heterocycles. The molecule has 0 unspecified atom stereocenters. The fourth-order valence-electron chi connectivity index (χ4n) is 5.93. The van der Waals surface area contributed by atoms with Crippen LogP contribution in [0.15, 0.2) is 12.3 Å². The number of carbonyl (C=O) groups excluding carboxylic acids is 1. The average Bonchev–Trinajstić information content (AvgIpc) is 3.05. The zero-order valence-electron chi connectivity index (χ0n) is 20.8. The number of fused-ring (bicyclic) bond motifs is 1. The first kappa shape index (κ1) is 22.4. The Morgan fingerprint density at radius 2 is 1.56 bits per heavy atom. The average molecular weight is 439 g/mol. The first-order chi connectivity index (χ1) is 14.9. The Kier molecular flexibility index (Phi) is 4.92. The number of piperidine rings is 1. The largest absolute Gasteiger partial charge is 0.496 e. The molecule has 32 heavy (non-hydrogen) atoms. The van der Waals surface area contributed by atoms with Gasteiger partial charge in [-0.1, -0.05) is 6.42 Å². The number of anilines is 1. The van der Waals surface area contributed by atoms with E-state index in [9.17, 15) is 4.79 Å². The zero-order chi connectivity index (χ0) is 23.1. The van der Waals surface area contributed by atoms with E-state index in [0.29, 0.717) is 6.04 Å². The minimum atomic E-state index is -0.622. The van der Waals surface area contributed by atoms with Crippen molar-refractivity contribution in [3.05, 3.63) is 18.0 Å². The Bertz CT molecular complexity index is 916. The van der Waals surface area contributed by atoms with E-state index in [1.807, 2.05) is 20.0 Å². The number of pyridine rings is 1. The number of likely N-dealkylation sites (tertiary alicyclic amines) is 1. The smallest absolute Gasteiger partial charge is 0.399 e. The monoisotopic (exact) mass is 439 g/mol. The van der Waals surface area contributed by atoms with Gasteiger partial charge in [-0.15, -0.1) is 0 Å². The second-order valence-electron chi connectivity index (χ2n) is 12.1. The highest BCUT2D eigenvalue weighted by Crippen LogP contribution is 2.50. The highest BCUT2D eigenvalue weighted by Gasteiger charge is 2.58. The van der Waals surface area contributed by atoms with Crippen molar-refractivity contribution >= 4 is 24.2 Å². The van der Waals surface area contributed by atoms with Gasteiger partial charge in [0.1, 0.15) is 0 Å². The Labute approximate surface area is 193 Å². The Morgan fingerprint density at radius 3 is 2.16 bits per heavy atom. The normalized spacial score (nSPS) is 33.3. The summed E-state index contributed by atoms with van der Waals surface area (Å²) >= 11 is 0. The van der Waals surface area contributed by atoms with Crippen LogP contribution in [0.3, 0.4) is 0 Å². The molecule has 1 aromatic rings. The molecule has 3 fully saturated rings. The van der Waals surface area contributed by atoms with Crippen LogP contribution in [-0.4, -0.2) is 58.8 Å². The van der Waals surface area contributed by atoms with Gasteiger partial charge in [-0.3, -0.25) is 9.78 Å². The summed E-state index contributed by atoms with van der Waals surface area (Å²) in [6, 6.07) is 2.68. The van der Waals surface area contributed by atoms with E-state index in [-0.39, 0.29) is 11.4 Å². The fraction of sp³-hybridized carbons (Fsp3) is 0.760. The van der Waals surface area contributed by atoms with Gasteiger partial charge in [0.05, 0.1) is 28.0 Å². The highest BCUT2D eigenvalue weighted by molar-refractivity contribution is 6.62. The summed E-state index contributed by atoms with van der Waals surface area (Å²) in [5.41, 5.74) is 1.08. The first-order valence-electron chi connectivity index (χ1n) is 12.3. The molecule has 0 bridgehead atoms. The standard InChI is InChI=1S/C25H38BN3O3/c1-22(2)20-19(13-17(16-27-20)26-31-23(3,4)24(5,6)32-26)29(21(22)30)25(7)14-18(15-25)28-11-9-8-10-12-28/h13,16,18H,8-12,14-15H2,1-7H3. The van der Waals surface area contributed by atoms with Crippen molar-refractivity contribution in [2.75, 3.05) is 18.0 Å². The molecule has 7 heteroatoms. The van der Waals surface area contributed by atoms with E-state index in [2.05, 4.69) is 50.5 Å². The molecule has 2 saturated heterocycles. The summed E-state index contributed by atoms with van der Waals surface area (Å²) in [4.78, 5) is 23.2. The highest BCUT2D eigenvalue weighted by atomic mass is 16.7. The molecule has 3 aliphatic heterocycles. The van der Waals surface area contributed by atoms with Crippen LogP contribution in [0.4, 0.5) is 5.69 Å². The predicted molar refractivity (Wildman–Crippen MR) is 127 cm³/mol. The van der Waals surface area contributed by atoms with Gasteiger partial charge in [0.15, 0.2) is 0 Å². The summed E-state index contributed by atoms with van der Waals surface area (Å²) < 4.78 is 12.5. The number of hydrogen-bond acceptors (Lipinski definition) is 5. The van der Waals surface area contributed by atoms with Crippen LogP contribution in [0.1, 0.15) is 86.3 Å². The number of aromatic nitrogens is 1. The van der Waals surface area contributed by atoms with E-state index in [4.69, 9.17) is 14.3 Å². The van der Waals surface area contributed by atoms with E-state index < -0.39 is 23.7 Å². The third kappa shape index (κ3) is 3.18. The van der Waals surface area contributed by atoms with Crippen LogP contribution in [0.25, 0.3) is 0 Å². The predicted octanol–water partition coefficient (Wildman–Crippen LogP) is 3.41. The van der Waals surface area contributed by atoms with E-state index in [1.54, 1.807) is 0 Å². The number of nitrogens with zero attached hydrogens (tertiary/aromatic N) is 3. The number of hydrogen-bond donors (Lipinski definition) is 0. The SMILES string of the molecule is CC1(C)C(=O)N(C2(C)CC(N3CCCCC3)C2)c2cc(B3OC(C)(C)C(C)(C)O3)cnc21. The van der Waals surface area contributed by atoms with Gasteiger partial charge in [-0.25, -0.2) is 0 Å². The third-order valence-electron chi connectivity index (χ3n) is 8.78. The maximum absolute atomic E-state index is 13.7. The number of carbonyl (C=O) groups is 1. The second kappa shape index (κ2) is 7.03. The number of rotatable bonds is 3. The summed E-state index contributed by atoms with van der Waals surface area (Å²) in [6.07, 6.45) is 7.82. The molecule has 6 nitrogen and oxygen atoms in total. The maximum Gasteiger partial charge on any atom is 0.496 e. The summed E-state index contributed by atoms with van der Waals surface area (Å²) in [5, 5.41) is 0. The van der Waals surface area contributed by atoms with Crippen molar-refractivity contribution in [3.8, 4) is 0 Å². The van der Waals surface area contributed by atoms with Crippen LogP contribution in [0, 0.1) is 0 Å². The first-order valence-corrected chi connectivity index (χ1v) is 12.3. The third-order valence-corrected chi connectivity index (χ3v) is 8.78. The molecular weight excluding hydrogens is 401 g/mol. The van der Waals surface area contributed by atoms with Crippen LogP contribution >= 0.6 is 0 Å². The van der Waals surface area contributed by atoms with E-state index in [0.717, 1.165) is 29.7 Å². The Hall–Kier alpha value is -1.44. The minimum absolute atomic E-state index is 0.158. The van der Waals surface area contributed by atoms with Gasteiger partial charge >= 0.3 is 7.12 Å². The van der Waals surface area contributed by atoms with E-state index in [1.165, 1.54) is 32.4 Å². The molecule has 1 aliphatic carbocycles. The fourth-order valence-corrected chi connectivity index (χ4v) is 5.93. The molecule has 4 heterocycles. The van der Waals surface area contributed by atoms with Crippen molar-refractivity contribution in [2.45, 2.75) is 109 Å². The molecule has 5 rings (SSSR count). The lowest BCUT2D eigenvalue weighted by atomic mass is 9.71. The molecule has 0 spiro atoms. The van der Waals surface area contributed by atoms with Crippen molar-refractivity contribution < 1.29 is 14.1 Å². The van der Waals surface area contributed by atoms with Gasteiger partial charge in [0.2, 0.25) is 5.91 Å². The van der Waals surface area contributed by atoms with Gasteiger partial charge < -0.3 is 19.1 Å². The molecule has 0 atom stereocenters. The van der Waals surface area contributed by atoms with Crippen molar-refractivity contribution in [3.63, 3.8) is 0 Å². The molecule has 1 saturated carbocycles. The zero-order valence-corrected chi connectivity index (χ0v) is 20.8. The lowest BCUT2D eigenvalue weighted by molar-refractivity contribution is -0.124. The lowest BCUT2D eigenvalue weighted by Gasteiger charge is -2.55. The minimum Gasteiger partial charge on any atom is -0.399 e. The van der Waals surface area contributed by atoms with Crippen LogP contribution in [0.5, 0.6) is 0 Å². The van der Waals surface area contributed by atoms with Gasteiger partial charge in [0.25, 0.3) is 0 Å². The Morgan fingerprint density at radius 1 is 0.969 bits per heavy atom. The van der Waals surface area contributed by atoms with Crippen molar-refractivity contribution in [1.82, 2.24) is 9.88 Å². The van der Waals surface area contributed by atoms with Crippen molar-refractivity contribution in [2.24, 2.45) is 0 Å².